The van der Waals surface area contributed by atoms with Crippen molar-refractivity contribution >= 4 is 22.7 Å². The molecule has 1 saturated heterocycles. The van der Waals surface area contributed by atoms with E-state index in [1.807, 2.05) is 0 Å². The van der Waals surface area contributed by atoms with Crippen LogP contribution in [0.4, 0.5) is 13.2 Å². The van der Waals surface area contributed by atoms with Gasteiger partial charge < -0.3 is 25.1 Å². The maximum atomic E-state index is 13.2. The fourth-order valence-electron chi connectivity index (χ4n) is 4.15. The number of rotatable bonds is 7. The number of amides is 2. The van der Waals surface area contributed by atoms with Gasteiger partial charge in [0, 0.05) is 37.0 Å². The zero-order chi connectivity index (χ0) is 25.9. The Morgan fingerprint density at radius 2 is 1.89 bits per heavy atom. The molecule has 1 fully saturated rings. The van der Waals surface area contributed by atoms with E-state index in [2.05, 4.69) is 15.3 Å². The summed E-state index contributed by atoms with van der Waals surface area (Å²) in [5.74, 6) is -0.341. The van der Waals surface area contributed by atoms with Crippen LogP contribution in [0.25, 0.3) is 22.4 Å². The summed E-state index contributed by atoms with van der Waals surface area (Å²) in [5.41, 5.74) is 4.92. The molecule has 9 nitrogen and oxygen atoms in total. The van der Waals surface area contributed by atoms with E-state index in [0.717, 1.165) is 38.4 Å². The number of halogens is 3. The number of benzene rings is 1. The van der Waals surface area contributed by atoms with Gasteiger partial charge in [-0.3, -0.25) is 9.59 Å². The first kappa shape index (κ1) is 25.4. The number of hydrogen-bond acceptors (Lipinski definition) is 7. The van der Waals surface area contributed by atoms with Crippen molar-refractivity contribution in [2.75, 3.05) is 26.7 Å². The number of pyridine rings is 1. The van der Waals surface area contributed by atoms with E-state index in [1.165, 1.54) is 19.2 Å². The van der Waals surface area contributed by atoms with Gasteiger partial charge in [0.05, 0.1) is 13.7 Å². The number of carbonyl (C=O) groups excluding carboxylic acids is 2. The molecule has 192 valence electrons. The number of nitrogens with two attached hydrogens (primary N) is 1. The van der Waals surface area contributed by atoms with Gasteiger partial charge in [-0.25, -0.2) is 9.97 Å². The van der Waals surface area contributed by atoms with Crippen LogP contribution < -0.4 is 15.8 Å². The van der Waals surface area contributed by atoms with Crippen LogP contribution >= 0.6 is 0 Å². The number of hydrogen-bond donors (Lipinski definition) is 2. The summed E-state index contributed by atoms with van der Waals surface area (Å²) in [4.78, 5) is 34.9. The molecule has 1 aliphatic rings. The maximum absolute atomic E-state index is 13.2. The van der Waals surface area contributed by atoms with E-state index in [0.29, 0.717) is 10.9 Å². The molecule has 1 aliphatic heterocycles. The highest BCUT2D eigenvalue weighted by molar-refractivity contribution is 5.98. The van der Waals surface area contributed by atoms with Crippen LogP contribution in [0.1, 0.15) is 47.6 Å². The lowest BCUT2D eigenvalue weighted by Gasteiger charge is -2.26. The molecule has 3 aromatic rings. The fourth-order valence-corrected chi connectivity index (χ4v) is 4.15. The van der Waals surface area contributed by atoms with Crippen molar-refractivity contribution in [1.82, 2.24) is 20.2 Å². The molecule has 4 rings (SSSR count). The molecule has 2 amide bonds. The fraction of sp³-hybridized carbons (Fsp3) is 0.417. The van der Waals surface area contributed by atoms with Crippen molar-refractivity contribution in [2.24, 2.45) is 5.73 Å². The normalized spacial score (nSPS) is 14.2. The third-order valence-electron chi connectivity index (χ3n) is 5.99. The molecule has 36 heavy (non-hydrogen) atoms. The van der Waals surface area contributed by atoms with Crippen molar-refractivity contribution in [3.63, 3.8) is 0 Å². The number of carbonyl (C=O) groups is 2. The van der Waals surface area contributed by atoms with Gasteiger partial charge >= 0.3 is 6.18 Å². The number of likely N-dealkylation sites (tertiary alicyclic amines) is 1. The van der Waals surface area contributed by atoms with Crippen molar-refractivity contribution in [3.05, 3.63) is 41.4 Å². The predicted octanol–water partition coefficient (Wildman–Crippen LogP) is 3.51. The quantitative estimate of drug-likeness (QED) is 0.504. The first-order valence-corrected chi connectivity index (χ1v) is 11.5. The molecule has 0 radical (unpaired) electrons. The second kappa shape index (κ2) is 10.5. The number of oxazole rings is 1. The standard InChI is InChI=1S/C24H26F3N5O4/c1-35-16-7-5-15(14-6-8-18(24(25,26)27)30-20(14)16)23-31-21(17(13-28)36-23)22(34)29-10-9-19(33)32-11-3-2-4-12-32/h5-8H,2-4,9-13,28H2,1H3,(H,29,34). The third-order valence-corrected chi connectivity index (χ3v) is 5.99. The van der Waals surface area contributed by atoms with Crippen molar-refractivity contribution in [1.29, 1.82) is 0 Å². The summed E-state index contributed by atoms with van der Waals surface area (Å²) in [7, 11) is 1.33. The van der Waals surface area contributed by atoms with Gasteiger partial charge in [-0.15, -0.1) is 0 Å². The first-order chi connectivity index (χ1) is 17.2. The molecule has 1 aromatic carbocycles. The minimum absolute atomic E-state index is 0.000736. The highest BCUT2D eigenvalue weighted by Gasteiger charge is 2.33. The SMILES string of the molecule is COc1ccc(-c2nc(C(=O)NCCC(=O)N3CCCCC3)c(CN)o2)c2ccc(C(F)(F)F)nc12. The Morgan fingerprint density at radius 1 is 1.14 bits per heavy atom. The molecular weight excluding hydrogens is 479 g/mol. The van der Waals surface area contributed by atoms with E-state index >= 15 is 0 Å². The number of ether oxygens (including phenoxy) is 1. The van der Waals surface area contributed by atoms with Crippen molar-refractivity contribution in [3.8, 4) is 17.2 Å². The van der Waals surface area contributed by atoms with Crippen LogP contribution in [0, 0.1) is 0 Å². The Kier molecular flexibility index (Phi) is 7.43. The van der Waals surface area contributed by atoms with Crippen LogP contribution in [0.2, 0.25) is 0 Å². The lowest BCUT2D eigenvalue weighted by molar-refractivity contribution is -0.141. The number of fused-ring (bicyclic) bond motifs is 1. The summed E-state index contributed by atoms with van der Waals surface area (Å²) >= 11 is 0. The highest BCUT2D eigenvalue weighted by atomic mass is 19.4. The Morgan fingerprint density at radius 3 is 2.56 bits per heavy atom. The van der Waals surface area contributed by atoms with Crippen LogP contribution in [-0.4, -0.2) is 53.4 Å². The van der Waals surface area contributed by atoms with E-state index in [-0.39, 0.29) is 54.0 Å². The molecule has 12 heteroatoms. The van der Waals surface area contributed by atoms with Gasteiger partial charge in [0.15, 0.2) is 11.5 Å². The average Bonchev–Trinajstić information content (AvgIpc) is 3.32. The lowest BCUT2D eigenvalue weighted by Crippen LogP contribution is -2.38. The number of piperidine rings is 1. The molecule has 3 heterocycles. The molecule has 2 aromatic heterocycles. The Balaban J connectivity index is 1.57. The summed E-state index contributed by atoms with van der Waals surface area (Å²) < 4.78 is 50.5. The molecule has 0 bridgehead atoms. The number of nitrogens with zero attached hydrogens (tertiary/aromatic N) is 3. The van der Waals surface area contributed by atoms with Crippen LogP contribution in [0.5, 0.6) is 5.75 Å². The summed E-state index contributed by atoms with van der Waals surface area (Å²) in [6.07, 6.45) is -1.41. The molecule has 0 spiro atoms. The summed E-state index contributed by atoms with van der Waals surface area (Å²) in [5, 5.41) is 2.96. The zero-order valence-electron chi connectivity index (χ0n) is 19.7. The number of nitrogens with one attached hydrogen (secondary N) is 1. The van der Waals surface area contributed by atoms with Crippen LogP contribution in [0.3, 0.4) is 0 Å². The Bertz CT molecular complexity index is 1270. The number of aromatic nitrogens is 2. The highest BCUT2D eigenvalue weighted by Crippen LogP contribution is 2.36. The maximum Gasteiger partial charge on any atom is 0.433 e. The largest absolute Gasteiger partial charge is 0.494 e. The smallest absolute Gasteiger partial charge is 0.433 e. The van der Waals surface area contributed by atoms with Crippen LogP contribution in [0.15, 0.2) is 28.7 Å². The predicted molar refractivity (Wildman–Crippen MR) is 124 cm³/mol. The Hall–Kier alpha value is -3.67. The second-order valence-corrected chi connectivity index (χ2v) is 8.35. The van der Waals surface area contributed by atoms with E-state index < -0.39 is 17.8 Å². The zero-order valence-corrected chi connectivity index (χ0v) is 19.7. The summed E-state index contributed by atoms with van der Waals surface area (Å²) in [6.45, 7) is 1.45. The van der Waals surface area contributed by atoms with Gasteiger partial charge in [-0.05, 0) is 43.5 Å². The van der Waals surface area contributed by atoms with Gasteiger partial charge in [-0.2, -0.15) is 13.2 Å². The molecule has 0 atom stereocenters. The topological polar surface area (TPSA) is 124 Å². The monoisotopic (exact) mass is 505 g/mol. The molecule has 0 aliphatic carbocycles. The van der Waals surface area contributed by atoms with E-state index in [4.69, 9.17) is 14.9 Å². The number of methoxy groups -OCH3 is 1. The molecular formula is C24H26F3N5O4. The molecule has 0 saturated carbocycles. The van der Waals surface area contributed by atoms with Gasteiger partial charge in [-0.1, -0.05) is 0 Å². The van der Waals surface area contributed by atoms with Crippen LogP contribution in [-0.2, 0) is 17.5 Å². The van der Waals surface area contributed by atoms with Gasteiger partial charge in [0.2, 0.25) is 11.8 Å². The van der Waals surface area contributed by atoms with E-state index in [1.54, 1.807) is 11.0 Å². The lowest BCUT2D eigenvalue weighted by atomic mass is 10.1. The first-order valence-electron chi connectivity index (χ1n) is 11.5. The molecule has 3 N–H and O–H groups in total. The minimum atomic E-state index is -4.63. The van der Waals surface area contributed by atoms with Gasteiger partial charge in [0.25, 0.3) is 5.91 Å². The van der Waals surface area contributed by atoms with Gasteiger partial charge in [0.1, 0.15) is 17.0 Å². The number of alkyl halides is 3. The minimum Gasteiger partial charge on any atom is -0.494 e. The summed E-state index contributed by atoms with van der Waals surface area (Å²) in [6, 6.07) is 5.11. The van der Waals surface area contributed by atoms with E-state index in [9.17, 15) is 22.8 Å². The van der Waals surface area contributed by atoms with Crippen molar-refractivity contribution in [2.45, 2.75) is 38.4 Å². The third kappa shape index (κ3) is 5.27. The molecule has 0 unspecified atom stereocenters. The second-order valence-electron chi connectivity index (χ2n) is 8.35. The average molecular weight is 505 g/mol. The van der Waals surface area contributed by atoms with Crippen molar-refractivity contribution < 1.29 is 31.9 Å². The Labute approximate surface area is 204 Å².